The summed E-state index contributed by atoms with van der Waals surface area (Å²) in [5.41, 5.74) is -0.433. The highest BCUT2D eigenvalue weighted by molar-refractivity contribution is 5.56. The summed E-state index contributed by atoms with van der Waals surface area (Å²) in [5, 5.41) is 19.2. The molecule has 0 amide bonds. The number of aryl methyl sites for hydroxylation is 1. The molecule has 0 aliphatic carbocycles. The number of hydrogen-bond donors (Lipinski definition) is 0. The first kappa shape index (κ1) is 11.8. The molecule has 0 spiro atoms. The van der Waals surface area contributed by atoms with Crippen molar-refractivity contribution < 1.29 is 18.4 Å². The second-order valence-electron chi connectivity index (χ2n) is 2.89. The maximum atomic E-state index is 12.0. The van der Waals surface area contributed by atoms with Crippen molar-refractivity contribution in [1.82, 2.24) is 0 Å². The van der Waals surface area contributed by atoms with E-state index in [9.17, 15) is 18.9 Å². The summed E-state index contributed by atoms with van der Waals surface area (Å²) < 4.78 is 28.0. The zero-order valence-corrected chi connectivity index (χ0v) is 8.11. The van der Waals surface area contributed by atoms with Crippen LogP contribution in [0.25, 0.3) is 0 Å². The van der Waals surface area contributed by atoms with Crippen LogP contribution in [0, 0.1) is 28.4 Å². The minimum atomic E-state index is -3.17. The van der Waals surface area contributed by atoms with Crippen LogP contribution in [0.3, 0.4) is 0 Å². The van der Waals surface area contributed by atoms with Gasteiger partial charge < -0.3 is 4.74 Å². The number of nitriles is 1. The van der Waals surface area contributed by atoms with Gasteiger partial charge in [0.15, 0.2) is 0 Å². The van der Waals surface area contributed by atoms with Crippen LogP contribution in [0.1, 0.15) is 11.1 Å². The fourth-order valence-corrected chi connectivity index (χ4v) is 1.23. The SMILES string of the molecule is Cc1cc(C#N)cc(OC(F)F)c1[N+](=O)[O-]. The van der Waals surface area contributed by atoms with E-state index in [1.807, 2.05) is 0 Å². The van der Waals surface area contributed by atoms with Crippen molar-refractivity contribution in [2.75, 3.05) is 0 Å². The summed E-state index contributed by atoms with van der Waals surface area (Å²) in [6.07, 6.45) is 0. The lowest BCUT2D eigenvalue weighted by atomic mass is 10.1. The highest BCUT2D eigenvalue weighted by Crippen LogP contribution is 2.32. The van der Waals surface area contributed by atoms with Crippen LogP contribution in [0.5, 0.6) is 5.75 Å². The maximum Gasteiger partial charge on any atom is 0.387 e. The van der Waals surface area contributed by atoms with Gasteiger partial charge in [0.05, 0.1) is 16.6 Å². The Morgan fingerprint density at radius 3 is 2.62 bits per heavy atom. The fraction of sp³-hybridized carbons (Fsp3) is 0.222. The number of rotatable bonds is 3. The van der Waals surface area contributed by atoms with E-state index in [-0.39, 0.29) is 11.1 Å². The molecule has 0 fully saturated rings. The predicted molar refractivity (Wildman–Crippen MR) is 49.2 cm³/mol. The Morgan fingerprint density at radius 2 is 2.19 bits per heavy atom. The van der Waals surface area contributed by atoms with Crippen molar-refractivity contribution in [3.8, 4) is 11.8 Å². The quantitative estimate of drug-likeness (QED) is 0.587. The van der Waals surface area contributed by atoms with E-state index in [0.717, 1.165) is 6.07 Å². The normalized spacial score (nSPS) is 9.94. The smallest absolute Gasteiger partial charge is 0.387 e. The van der Waals surface area contributed by atoms with Crippen LogP contribution < -0.4 is 4.74 Å². The molecular formula is C9H6F2N2O3. The van der Waals surface area contributed by atoms with E-state index < -0.39 is 23.0 Å². The summed E-state index contributed by atoms with van der Waals surface area (Å²) in [7, 11) is 0. The van der Waals surface area contributed by atoms with Gasteiger partial charge in [-0.05, 0) is 13.0 Å². The van der Waals surface area contributed by atoms with Gasteiger partial charge in [-0.2, -0.15) is 14.0 Å². The van der Waals surface area contributed by atoms with Crippen molar-refractivity contribution in [3.63, 3.8) is 0 Å². The molecule has 0 aliphatic rings. The average molecular weight is 228 g/mol. The van der Waals surface area contributed by atoms with Gasteiger partial charge >= 0.3 is 12.3 Å². The summed E-state index contributed by atoms with van der Waals surface area (Å²) in [6.45, 7) is -1.83. The fourth-order valence-electron chi connectivity index (χ4n) is 1.23. The van der Waals surface area contributed by atoms with Crippen LogP contribution in [-0.2, 0) is 0 Å². The molecule has 5 nitrogen and oxygen atoms in total. The number of nitro benzene ring substituents is 1. The van der Waals surface area contributed by atoms with Crippen LogP contribution >= 0.6 is 0 Å². The maximum absolute atomic E-state index is 12.0. The number of nitro groups is 1. The first-order chi connectivity index (χ1) is 7.45. The zero-order valence-electron chi connectivity index (χ0n) is 8.11. The van der Waals surface area contributed by atoms with Gasteiger partial charge in [0.2, 0.25) is 5.75 Å². The Kier molecular flexibility index (Phi) is 3.35. The second kappa shape index (κ2) is 4.53. The standard InChI is InChI=1S/C9H6F2N2O3/c1-5-2-6(4-12)3-7(16-9(10)11)8(5)13(14)15/h2-3,9H,1H3. The van der Waals surface area contributed by atoms with Gasteiger partial charge in [-0.15, -0.1) is 0 Å². The summed E-state index contributed by atoms with van der Waals surface area (Å²) in [5.74, 6) is -0.600. The number of benzene rings is 1. The van der Waals surface area contributed by atoms with Gasteiger partial charge in [-0.25, -0.2) is 0 Å². The molecule has 1 aromatic carbocycles. The zero-order chi connectivity index (χ0) is 12.3. The third kappa shape index (κ3) is 2.42. The summed E-state index contributed by atoms with van der Waals surface area (Å²) >= 11 is 0. The Labute approximate surface area is 89.0 Å². The molecule has 16 heavy (non-hydrogen) atoms. The van der Waals surface area contributed by atoms with Crippen molar-refractivity contribution >= 4 is 5.69 Å². The molecule has 0 aromatic heterocycles. The minimum absolute atomic E-state index is 0.0266. The molecule has 0 bridgehead atoms. The molecule has 7 heteroatoms. The minimum Gasteiger partial charge on any atom is -0.427 e. The topological polar surface area (TPSA) is 76.2 Å². The molecule has 84 valence electrons. The van der Waals surface area contributed by atoms with Crippen molar-refractivity contribution in [2.24, 2.45) is 0 Å². The van der Waals surface area contributed by atoms with Crippen molar-refractivity contribution in [1.29, 1.82) is 5.26 Å². The molecule has 0 radical (unpaired) electrons. The van der Waals surface area contributed by atoms with Gasteiger partial charge in [0, 0.05) is 11.6 Å². The van der Waals surface area contributed by atoms with Gasteiger partial charge in [0.25, 0.3) is 0 Å². The molecule has 0 saturated heterocycles. The molecule has 0 atom stereocenters. The molecular weight excluding hydrogens is 222 g/mol. The van der Waals surface area contributed by atoms with E-state index in [1.165, 1.54) is 13.0 Å². The molecule has 1 rings (SSSR count). The van der Waals surface area contributed by atoms with E-state index >= 15 is 0 Å². The third-order valence-electron chi connectivity index (χ3n) is 1.79. The highest BCUT2D eigenvalue weighted by Gasteiger charge is 2.22. The van der Waals surface area contributed by atoms with Crippen molar-refractivity contribution in [2.45, 2.75) is 13.5 Å². The lowest BCUT2D eigenvalue weighted by Crippen LogP contribution is -2.06. The molecule has 0 saturated carbocycles. The van der Waals surface area contributed by atoms with E-state index in [0.29, 0.717) is 0 Å². The molecule has 1 aromatic rings. The molecule has 0 N–H and O–H groups in total. The van der Waals surface area contributed by atoms with Crippen LogP contribution in [0.2, 0.25) is 0 Å². The van der Waals surface area contributed by atoms with Crippen LogP contribution in [0.15, 0.2) is 12.1 Å². The molecule has 0 heterocycles. The van der Waals surface area contributed by atoms with Gasteiger partial charge in [-0.1, -0.05) is 0 Å². The average Bonchev–Trinajstić information content (AvgIpc) is 2.14. The van der Waals surface area contributed by atoms with E-state index in [1.54, 1.807) is 6.07 Å². The number of nitrogens with zero attached hydrogens (tertiary/aromatic N) is 2. The lowest BCUT2D eigenvalue weighted by molar-refractivity contribution is -0.387. The van der Waals surface area contributed by atoms with Gasteiger partial charge in [0.1, 0.15) is 0 Å². The summed E-state index contributed by atoms with van der Waals surface area (Å²) in [6, 6.07) is 3.85. The van der Waals surface area contributed by atoms with E-state index in [4.69, 9.17) is 5.26 Å². The Bertz CT molecular complexity index is 469. The van der Waals surface area contributed by atoms with Crippen LogP contribution in [-0.4, -0.2) is 11.5 Å². The Hall–Kier alpha value is -2.23. The number of halogens is 2. The Balaban J connectivity index is 3.35. The lowest BCUT2D eigenvalue weighted by Gasteiger charge is -2.07. The Morgan fingerprint density at radius 1 is 1.56 bits per heavy atom. The highest BCUT2D eigenvalue weighted by atomic mass is 19.3. The predicted octanol–water partition coefficient (Wildman–Crippen LogP) is 2.38. The molecule has 0 aliphatic heterocycles. The number of hydrogen-bond acceptors (Lipinski definition) is 4. The van der Waals surface area contributed by atoms with Crippen LogP contribution in [0.4, 0.5) is 14.5 Å². The first-order valence-electron chi connectivity index (χ1n) is 4.09. The second-order valence-corrected chi connectivity index (χ2v) is 2.89. The van der Waals surface area contributed by atoms with E-state index in [2.05, 4.69) is 4.74 Å². The number of alkyl halides is 2. The largest absolute Gasteiger partial charge is 0.427 e. The summed E-state index contributed by atoms with van der Waals surface area (Å²) in [4.78, 5) is 9.80. The third-order valence-corrected chi connectivity index (χ3v) is 1.79. The number of ether oxygens (including phenoxy) is 1. The van der Waals surface area contributed by atoms with Crippen molar-refractivity contribution in [3.05, 3.63) is 33.4 Å². The monoisotopic (exact) mass is 228 g/mol. The molecule has 0 unspecified atom stereocenters. The van der Waals surface area contributed by atoms with Gasteiger partial charge in [-0.3, -0.25) is 10.1 Å². The first-order valence-corrected chi connectivity index (χ1v) is 4.09.